The van der Waals surface area contributed by atoms with Crippen LogP contribution in [-0.2, 0) is 0 Å². The molecule has 4 rings (SSSR count). The summed E-state index contributed by atoms with van der Waals surface area (Å²) >= 11 is 0. The zero-order valence-electron chi connectivity index (χ0n) is 12.1. The monoisotopic (exact) mass is 303 g/mol. The Labute approximate surface area is 131 Å². The molecule has 4 N–H and O–H groups in total. The molecule has 2 heterocycles. The average Bonchev–Trinajstić information content (AvgIpc) is 2.96. The maximum atomic E-state index is 11.8. The summed E-state index contributed by atoms with van der Waals surface area (Å²) in [7, 11) is 0. The van der Waals surface area contributed by atoms with Crippen LogP contribution in [0.25, 0.3) is 27.5 Å². The third kappa shape index (κ3) is 2.00. The predicted octanol–water partition coefficient (Wildman–Crippen LogP) is 2.25. The van der Waals surface area contributed by atoms with Crippen molar-refractivity contribution >= 4 is 33.4 Å². The summed E-state index contributed by atoms with van der Waals surface area (Å²) in [5.74, 6) is -0.588. The number of carbonyl (C=O) groups is 1. The van der Waals surface area contributed by atoms with Crippen molar-refractivity contribution in [3.63, 3.8) is 0 Å². The number of primary amides is 1. The molecule has 0 fully saturated rings. The van der Waals surface area contributed by atoms with E-state index in [1.54, 1.807) is 16.9 Å². The number of anilines is 1. The minimum Gasteiger partial charge on any atom is -0.399 e. The van der Waals surface area contributed by atoms with Crippen molar-refractivity contribution in [3.05, 3.63) is 60.4 Å². The summed E-state index contributed by atoms with van der Waals surface area (Å²) in [6, 6.07) is 15.0. The fraction of sp³-hybridized carbons (Fsp3) is 0. The fourth-order valence-electron chi connectivity index (χ4n) is 2.74. The van der Waals surface area contributed by atoms with E-state index < -0.39 is 5.91 Å². The van der Waals surface area contributed by atoms with Crippen LogP contribution in [0, 0.1) is 0 Å². The SMILES string of the molecule is NC(=O)c1nn(-c2ccccc2)c2c1cnc1ccc(N)cc12. The summed E-state index contributed by atoms with van der Waals surface area (Å²) in [5, 5.41) is 5.84. The highest BCUT2D eigenvalue weighted by molar-refractivity contribution is 6.12. The second-order valence-corrected chi connectivity index (χ2v) is 5.26. The number of aromatic nitrogens is 3. The highest BCUT2D eigenvalue weighted by atomic mass is 16.1. The number of hydrogen-bond donors (Lipinski definition) is 2. The lowest BCUT2D eigenvalue weighted by Crippen LogP contribution is -2.12. The molecule has 6 heteroatoms. The molecule has 0 aliphatic carbocycles. The lowest BCUT2D eigenvalue weighted by Gasteiger charge is -2.06. The number of nitrogen functional groups attached to an aromatic ring is 1. The van der Waals surface area contributed by atoms with Gasteiger partial charge in [0.1, 0.15) is 0 Å². The highest BCUT2D eigenvalue weighted by Crippen LogP contribution is 2.29. The molecule has 4 aromatic rings. The molecular weight excluding hydrogens is 290 g/mol. The molecule has 0 aliphatic heterocycles. The van der Waals surface area contributed by atoms with E-state index in [0.717, 1.165) is 22.1 Å². The van der Waals surface area contributed by atoms with Gasteiger partial charge >= 0.3 is 0 Å². The maximum absolute atomic E-state index is 11.8. The molecular formula is C17H13N5O. The van der Waals surface area contributed by atoms with Gasteiger partial charge in [0.2, 0.25) is 0 Å². The molecule has 112 valence electrons. The Morgan fingerprint density at radius 1 is 1.04 bits per heavy atom. The van der Waals surface area contributed by atoms with Crippen molar-refractivity contribution in [1.82, 2.24) is 14.8 Å². The van der Waals surface area contributed by atoms with Gasteiger partial charge < -0.3 is 11.5 Å². The number of para-hydroxylation sites is 1. The van der Waals surface area contributed by atoms with E-state index in [1.165, 1.54) is 0 Å². The van der Waals surface area contributed by atoms with Gasteiger partial charge in [-0.1, -0.05) is 18.2 Å². The first-order valence-corrected chi connectivity index (χ1v) is 7.07. The zero-order chi connectivity index (χ0) is 16.0. The molecule has 1 amide bonds. The van der Waals surface area contributed by atoms with Gasteiger partial charge in [0.05, 0.1) is 22.1 Å². The molecule has 0 atom stereocenters. The molecule has 0 spiro atoms. The summed E-state index contributed by atoms with van der Waals surface area (Å²) in [5.41, 5.74) is 14.6. The maximum Gasteiger partial charge on any atom is 0.269 e. The first-order valence-electron chi connectivity index (χ1n) is 7.07. The Kier molecular flexibility index (Phi) is 2.77. The zero-order valence-corrected chi connectivity index (χ0v) is 12.1. The van der Waals surface area contributed by atoms with Crippen molar-refractivity contribution in [2.75, 3.05) is 5.73 Å². The lowest BCUT2D eigenvalue weighted by atomic mass is 10.1. The standard InChI is InChI=1S/C17H13N5O/c18-10-6-7-14-12(8-10)16-13(9-20-14)15(17(19)23)21-22(16)11-4-2-1-3-5-11/h1-9H,18H2,(H2,19,23). The van der Waals surface area contributed by atoms with E-state index in [4.69, 9.17) is 11.5 Å². The van der Waals surface area contributed by atoms with Crippen LogP contribution in [-0.4, -0.2) is 20.7 Å². The Bertz CT molecular complexity index is 1050. The molecule has 6 nitrogen and oxygen atoms in total. The van der Waals surface area contributed by atoms with Crippen molar-refractivity contribution in [2.24, 2.45) is 5.73 Å². The summed E-state index contributed by atoms with van der Waals surface area (Å²) in [6.07, 6.45) is 1.63. The van der Waals surface area contributed by atoms with Crippen LogP contribution < -0.4 is 11.5 Å². The Morgan fingerprint density at radius 2 is 1.83 bits per heavy atom. The van der Waals surface area contributed by atoms with Gasteiger partial charge in [-0.05, 0) is 30.3 Å². The van der Waals surface area contributed by atoms with Crippen LogP contribution in [0.15, 0.2) is 54.7 Å². The number of carbonyl (C=O) groups excluding carboxylic acids is 1. The van der Waals surface area contributed by atoms with Gasteiger partial charge in [0.15, 0.2) is 5.69 Å². The van der Waals surface area contributed by atoms with Crippen molar-refractivity contribution < 1.29 is 4.79 Å². The number of amides is 1. The number of nitrogens with zero attached hydrogens (tertiary/aromatic N) is 3. The fourth-order valence-corrected chi connectivity index (χ4v) is 2.74. The van der Waals surface area contributed by atoms with Gasteiger partial charge in [-0.3, -0.25) is 9.78 Å². The Hall–Kier alpha value is -3.41. The third-order valence-corrected chi connectivity index (χ3v) is 3.76. The van der Waals surface area contributed by atoms with E-state index in [0.29, 0.717) is 11.1 Å². The van der Waals surface area contributed by atoms with Crippen LogP contribution in [0.3, 0.4) is 0 Å². The average molecular weight is 303 g/mol. The number of pyridine rings is 1. The van der Waals surface area contributed by atoms with Crippen LogP contribution in [0.5, 0.6) is 0 Å². The molecule has 23 heavy (non-hydrogen) atoms. The quantitative estimate of drug-likeness (QED) is 0.555. The number of rotatable bonds is 2. The van der Waals surface area contributed by atoms with Gasteiger partial charge in [-0.25, -0.2) is 4.68 Å². The van der Waals surface area contributed by atoms with E-state index in [2.05, 4.69) is 10.1 Å². The molecule has 0 saturated carbocycles. The molecule has 2 aromatic heterocycles. The van der Waals surface area contributed by atoms with E-state index >= 15 is 0 Å². The molecule has 0 bridgehead atoms. The lowest BCUT2D eigenvalue weighted by molar-refractivity contribution is 0.0996. The molecule has 0 unspecified atom stereocenters. The number of benzene rings is 2. The Morgan fingerprint density at radius 3 is 2.57 bits per heavy atom. The summed E-state index contributed by atoms with van der Waals surface area (Å²) in [6.45, 7) is 0. The van der Waals surface area contributed by atoms with E-state index in [9.17, 15) is 4.79 Å². The molecule has 2 aromatic carbocycles. The topological polar surface area (TPSA) is 99.8 Å². The second-order valence-electron chi connectivity index (χ2n) is 5.26. The normalized spacial score (nSPS) is 11.1. The number of nitrogens with two attached hydrogens (primary N) is 2. The second kappa shape index (κ2) is 4.81. The number of hydrogen-bond acceptors (Lipinski definition) is 4. The molecule has 0 radical (unpaired) electrons. The summed E-state index contributed by atoms with van der Waals surface area (Å²) in [4.78, 5) is 16.1. The number of fused-ring (bicyclic) bond motifs is 3. The summed E-state index contributed by atoms with van der Waals surface area (Å²) < 4.78 is 1.71. The predicted molar refractivity (Wildman–Crippen MR) is 89.3 cm³/mol. The van der Waals surface area contributed by atoms with Crippen LogP contribution >= 0.6 is 0 Å². The van der Waals surface area contributed by atoms with Gasteiger partial charge in [0, 0.05) is 17.3 Å². The van der Waals surface area contributed by atoms with Crippen molar-refractivity contribution in [3.8, 4) is 5.69 Å². The van der Waals surface area contributed by atoms with Gasteiger partial charge in [0.25, 0.3) is 5.91 Å². The Balaban J connectivity index is 2.20. The smallest absolute Gasteiger partial charge is 0.269 e. The van der Waals surface area contributed by atoms with Crippen molar-refractivity contribution in [2.45, 2.75) is 0 Å². The first-order chi connectivity index (χ1) is 11.1. The first kappa shape index (κ1) is 13.3. The van der Waals surface area contributed by atoms with Crippen molar-refractivity contribution in [1.29, 1.82) is 0 Å². The van der Waals surface area contributed by atoms with Gasteiger partial charge in [-0.15, -0.1) is 0 Å². The minimum absolute atomic E-state index is 0.195. The largest absolute Gasteiger partial charge is 0.399 e. The van der Waals surface area contributed by atoms with E-state index in [-0.39, 0.29) is 5.69 Å². The third-order valence-electron chi connectivity index (χ3n) is 3.76. The van der Waals surface area contributed by atoms with Gasteiger partial charge in [-0.2, -0.15) is 5.10 Å². The molecule has 0 saturated heterocycles. The van der Waals surface area contributed by atoms with Crippen LogP contribution in [0.4, 0.5) is 5.69 Å². The molecule has 0 aliphatic rings. The highest BCUT2D eigenvalue weighted by Gasteiger charge is 2.18. The minimum atomic E-state index is -0.588. The van der Waals surface area contributed by atoms with Crippen LogP contribution in [0.2, 0.25) is 0 Å². The van der Waals surface area contributed by atoms with E-state index in [1.807, 2.05) is 42.5 Å². The van der Waals surface area contributed by atoms with Crippen LogP contribution in [0.1, 0.15) is 10.5 Å².